The van der Waals surface area contributed by atoms with Crippen LogP contribution in [-0.4, -0.2) is 9.55 Å². The molecule has 38 heavy (non-hydrogen) atoms. The number of nitrogens with zero attached hydrogens (tertiary/aromatic N) is 2. The van der Waals surface area contributed by atoms with Crippen LogP contribution in [0.2, 0.25) is 0 Å². The molecule has 8 rings (SSSR count). The van der Waals surface area contributed by atoms with Gasteiger partial charge < -0.3 is 0 Å². The summed E-state index contributed by atoms with van der Waals surface area (Å²) in [5, 5.41) is 7.54. The molecule has 0 radical (unpaired) electrons. The molecule has 2 heterocycles. The third kappa shape index (κ3) is 3.09. The van der Waals surface area contributed by atoms with Crippen molar-refractivity contribution in [3.8, 4) is 17.1 Å². The predicted molar refractivity (Wildman–Crippen MR) is 164 cm³/mol. The molecule has 0 aliphatic heterocycles. The molecular weight excluding hydrogens is 480 g/mol. The lowest BCUT2D eigenvalue weighted by Gasteiger charge is -2.14. The summed E-state index contributed by atoms with van der Waals surface area (Å²) < 4.78 is 5.00. The summed E-state index contributed by atoms with van der Waals surface area (Å²) in [4.78, 5) is 5.35. The summed E-state index contributed by atoms with van der Waals surface area (Å²) in [6.07, 6.45) is 0. The zero-order chi connectivity index (χ0) is 25.4. The number of aryl methyl sites for hydroxylation is 2. The highest BCUT2D eigenvalue weighted by Gasteiger charge is 2.21. The molecule has 0 saturated carbocycles. The summed E-state index contributed by atoms with van der Waals surface area (Å²) in [7, 11) is 0. The number of aromatic nitrogens is 2. The first kappa shape index (κ1) is 21.6. The molecule has 3 heteroatoms. The maximum absolute atomic E-state index is 5.35. The highest BCUT2D eigenvalue weighted by molar-refractivity contribution is 7.26. The van der Waals surface area contributed by atoms with Crippen LogP contribution in [0.1, 0.15) is 11.1 Å². The van der Waals surface area contributed by atoms with E-state index in [2.05, 4.69) is 128 Å². The molecule has 180 valence electrons. The van der Waals surface area contributed by atoms with Gasteiger partial charge >= 0.3 is 0 Å². The molecule has 0 amide bonds. The van der Waals surface area contributed by atoms with Crippen molar-refractivity contribution in [2.24, 2.45) is 0 Å². The number of benzene rings is 6. The first-order valence-electron chi connectivity index (χ1n) is 13.0. The normalized spacial score (nSPS) is 11.9. The number of imidazole rings is 1. The van der Waals surface area contributed by atoms with Crippen LogP contribution in [-0.2, 0) is 0 Å². The van der Waals surface area contributed by atoms with Gasteiger partial charge in [0.05, 0.1) is 16.7 Å². The molecule has 0 unspecified atom stereocenters. The standard InChI is InChI=1S/C35H24N2S/c1-21-14-16-27-32(18-21)38-34-28(17-15-22(2)33(27)34)35-36-29-19-24-9-3-4-10-25(24)20-31(29)37(35)30-13-7-11-23-8-5-6-12-26(23)30/h3-20H,1-2H3. The number of rotatable bonds is 2. The molecule has 8 aromatic rings. The molecule has 0 fully saturated rings. The van der Waals surface area contributed by atoms with Crippen molar-refractivity contribution in [2.45, 2.75) is 13.8 Å². The van der Waals surface area contributed by atoms with Crippen LogP contribution in [0.5, 0.6) is 0 Å². The lowest BCUT2D eigenvalue weighted by Crippen LogP contribution is -1.99. The van der Waals surface area contributed by atoms with E-state index in [1.807, 2.05) is 11.3 Å². The van der Waals surface area contributed by atoms with Crippen molar-refractivity contribution >= 4 is 64.1 Å². The maximum Gasteiger partial charge on any atom is 0.147 e. The van der Waals surface area contributed by atoms with E-state index >= 15 is 0 Å². The first-order chi connectivity index (χ1) is 18.7. The van der Waals surface area contributed by atoms with Crippen LogP contribution >= 0.6 is 11.3 Å². The van der Waals surface area contributed by atoms with Gasteiger partial charge in [0, 0.05) is 31.1 Å². The minimum absolute atomic E-state index is 0.986. The monoisotopic (exact) mass is 504 g/mol. The first-order valence-corrected chi connectivity index (χ1v) is 13.8. The van der Waals surface area contributed by atoms with Gasteiger partial charge in [-0.05, 0) is 71.5 Å². The molecule has 0 spiro atoms. The second-order valence-corrected chi connectivity index (χ2v) is 11.2. The van der Waals surface area contributed by atoms with Gasteiger partial charge in [-0.3, -0.25) is 4.57 Å². The zero-order valence-electron chi connectivity index (χ0n) is 21.2. The molecule has 6 aromatic carbocycles. The van der Waals surface area contributed by atoms with E-state index in [1.54, 1.807) is 0 Å². The second-order valence-electron chi connectivity index (χ2n) is 10.2. The lowest BCUT2D eigenvalue weighted by molar-refractivity contribution is 1.12. The fraction of sp³-hybridized carbons (Fsp3) is 0.0571. The second kappa shape index (κ2) is 8.01. The Morgan fingerprint density at radius 2 is 1.42 bits per heavy atom. The van der Waals surface area contributed by atoms with E-state index in [9.17, 15) is 0 Å². The Kier molecular flexibility index (Phi) is 4.55. The predicted octanol–water partition coefficient (Wildman–Crippen LogP) is 9.98. The summed E-state index contributed by atoms with van der Waals surface area (Å²) in [5.41, 5.74) is 7.06. The van der Waals surface area contributed by atoms with Gasteiger partial charge in [0.1, 0.15) is 5.82 Å². The van der Waals surface area contributed by atoms with Crippen LogP contribution in [0.4, 0.5) is 0 Å². The summed E-state index contributed by atoms with van der Waals surface area (Å²) >= 11 is 1.88. The Bertz CT molecular complexity index is 2210. The molecular formula is C35H24N2S. The smallest absolute Gasteiger partial charge is 0.147 e. The third-order valence-corrected chi connectivity index (χ3v) is 8.94. The van der Waals surface area contributed by atoms with E-state index in [-0.39, 0.29) is 0 Å². The van der Waals surface area contributed by atoms with E-state index in [0.717, 1.165) is 22.5 Å². The largest absolute Gasteiger partial charge is 0.292 e. The highest BCUT2D eigenvalue weighted by atomic mass is 32.1. The Labute approximate surface area is 224 Å². The SMILES string of the molecule is Cc1ccc2c(c1)sc1c(-c3nc4cc5ccccc5cc4n3-c3cccc4ccccc34)ccc(C)c12. The van der Waals surface area contributed by atoms with Gasteiger partial charge in [0.2, 0.25) is 0 Å². The Hall–Kier alpha value is -4.47. The number of fused-ring (bicyclic) bond motifs is 6. The lowest BCUT2D eigenvalue weighted by atomic mass is 10.0. The van der Waals surface area contributed by atoms with Gasteiger partial charge in [-0.1, -0.05) is 78.9 Å². The molecule has 0 saturated heterocycles. The van der Waals surface area contributed by atoms with Crippen LogP contribution in [0, 0.1) is 13.8 Å². The summed E-state index contributed by atoms with van der Waals surface area (Å²) in [6, 6.07) is 39.6. The van der Waals surface area contributed by atoms with Gasteiger partial charge in [-0.15, -0.1) is 11.3 Å². The van der Waals surface area contributed by atoms with Crippen molar-refractivity contribution < 1.29 is 0 Å². The Morgan fingerprint density at radius 1 is 0.658 bits per heavy atom. The van der Waals surface area contributed by atoms with Gasteiger partial charge in [-0.2, -0.15) is 0 Å². The molecule has 2 aromatic heterocycles. The molecule has 0 aliphatic carbocycles. The van der Waals surface area contributed by atoms with Crippen LogP contribution in [0.25, 0.3) is 69.8 Å². The van der Waals surface area contributed by atoms with Crippen LogP contribution < -0.4 is 0 Å². The van der Waals surface area contributed by atoms with Crippen molar-refractivity contribution in [1.82, 2.24) is 9.55 Å². The fourth-order valence-electron chi connectivity index (χ4n) is 5.92. The van der Waals surface area contributed by atoms with E-state index in [1.165, 1.54) is 58.4 Å². The van der Waals surface area contributed by atoms with E-state index in [4.69, 9.17) is 4.98 Å². The fourth-order valence-corrected chi connectivity index (χ4v) is 7.31. The minimum Gasteiger partial charge on any atom is -0.292 e. The van der Waals surface area contributed by atoms with Crippen molar-refractivity contribution in [1.29, 1.82) is 0 Å². The van der Waals surface area contributed by atoms with Gasteiger partial charge in [-0.25, -0.2) is 4.98 Å². The summed E-state index contributed by atoms with van der Waals surface area (Å²) in [5.74, 6) is 0.986. The number of hydrogen-bond acceptors (Lipinski definition) is 2. The highest BCUT2D eigenvalue weighted by Crippen LogP contribution is 2.43. The molecule has 0 bridgehead atoms. The third-order valence-electron chi connectivity index (χ3n) is 7.75. The average Bonchev–Trinajstić information content (AvgIpc) is 3.50. The van der Waals surface area contributed by atoms with Gasteiger partial charge in [0.25, 0.3) is 0 Å². The van der Waals surface area contributed by atoms with E-state index < -0.39 is 0 Å². The van der Waals surface area contributed by atoms with Crippen molar-refractivity contribution in [3.05, 3.63) is 120 Å². The minimum atomic E-state index is 0.986. The Morgan fingerprint density at radius 3 is 2.29 bits per heavy atom. The van der Waals surface area contributed by atoms with Crippen LogP contribution in [0.15, 0.2) is 109 Å². The van der Waals surface area contributed by atoms with Crippen LogP contribution in [0.3, 0.4) is 0 Å². The molecule has 0 atom stereocenters. The zero-order valence-corrected chi connectivity index (χ0v) is 22.0. The van der Waals surface area contributed by atoms with Crippen molar-refractivity contribution in [3.63, 3.8) is 0 Å². The average molecular weight is 505 g/mol. The van der Waals surface area contributed by atoms with Crippen molar-refractivity contribution in [2.75, 3.05) is 0 Å². The molecule has 2 nitrogen and oxygen atoms in total. The maximum atomic E-state index is 5.35. The summed E-state index contributed by atoms with van der Waals surface area (Å²) in [6.45, 7) is 4.39. The Balaban J connectivity index is 1.55. The molecule has 0 aliphatic rings. The topological polar surface area (TPSA) is 17.8 Å². The van der Waals surface area contributed by atoms with E-state index in [0.29, 0.717) is 0 Å². The quantitative estimate of drug-likeness (QED) is 0.229. The number of thiophene rings is 1. The van der Waals surface area contributed by atoms with Gasteiger partial charge in [0.15, 0.2) is 0 Å². The molecule has 0 N–H and O–H groups in total. The number of hydrogen-bond donors (Lipinski definition) is 0.